The first-order valence-electron chi connectivity index (χ1n) is 6.36. The zero-order valence-electron chi connectivity index (χ0n) is 11.0. The first kappa shape index (κ1) is 12.3. The van der Waals surface area contributed by atoms with E-state index in [1.54, 1.807) is 25.4 Å². The second kappa shape index (κ2) is 5.13. The quantitative estimate of drug-likeness (QED) is 0.854. The van der Waals surface area contributed by atoms with Crippen LogP contribution in [0.4, 0.5) is 0 Å². The number of allylic oxidation sites excluding steroid dienone is 4. The van der Waals surface area contributed by atoms with Gasteiger partial charge in [0, 0.05) is 18.0 Å². The van der Waals surface area contributed by atoms with Gasteiger partial charge in [0.2, 0.25) is 0 Å². The maximum Gasteiger partial charge on any atom is 0.354 e. The predicted molar refractivity (Wildman–Crippen MR) is 77.1 cm³/mol. The summed E-state index contributed by atoms with van der Waals surface area (Å²) in [5, 5.41) is 0. The van der Waals surface area contributed by atoms with Gasteiger partial charge in [-0.05, 0) is 37.3 Å². The van der Waals surface area contributed by atoms with Crippen molar-refractivity contribution in [2.24, 2.45) is 9.98 Å². The summed E-state index contributed by atoms with van der Waals surface area (Å²) in [4.78, 5) is 23.3. The fourth-order valence-electron chi connectivity index (χ4n) is 2.08. The highest BCUT2D eigenvalue weighted by molar-refractivity contribution is 6.16. The van der Waals surface area contributed by atoms with Crippen molar-refractivity contribution < 1.29 is 9.53 Å². The van der Waals surface area contributed by atoms with Crippen molar-refractivity contribution in [3.05, 3.63) is 59.2 Å². The molecule has 3 rings (SSSR count). The van der Waals surface area contributed by atoms with Crippen LogP contribution >= 0.6 is 0 Å². The van der Waals surface area contributed by atoms with Gasteiger partial charge in [-0.3, -0.25) is 9.98 Å². The Kier molecular flexibility index (Phi) is 3.16. The zero-order valence-corrected chi connectivity index (χ0v) is 11.0. The second-order valence-corrected chi connectivity index (χ2v) is 4.24. The number of ether oxygens (including phenoxy) is 1. The summed E-state index contributed by atoms with van der Waals surface area (Å²) in [5.41, 5.74) is 3.78. The molecule has 0 unspecified atom stereocenters. The Balaban J connectivity index is 1.91. The molecule has 0 spiro atoms. The minimum atomic E-state index is -0.363. The molecule has 0 radical (unpaired) electrons. The van der Waals surface area contributed by atoms with Gasteiger partial charge in [0.25, 0.3) is 0 Å². The number of aromatic nitrogens is 1. The first-order chi connectivity index (χ1) is 9.79. The van der Waals surface area contributed by atoms with Gasteiger partial charge in [-0.2, -0.15) is 0 Å². The maximum absolute atomic E-state index is 11.7. The summed E-state index contributed by atoms with van der Waals surface area (Å²) in [6, 6.07) is 3.52. The van der Waals surface area contributed by atoms with Crippen LogP contribution in [-0.2, 0) is 4.74 Å². The molecule has 0 fully saturated rings. The van der Waals surface area contributed by atoms with Crippen molar-refractivity contribution in [1.29, 1.82) is 0 Å². The third-order valence-corrected chi connectivity index (χ3v) is 2.97. The molecule has 5 heteroatoms. The summed E-state index contributed by atoms with van der Waals surface area (Å²) in [7, 11) is 0. The second-order valence-electron chi connectivity index (χ2n) is 4.24. The van der Waals surface area contributed by atoms with Gasteiger partial charge in [-0.15, -0.1) is 0 Å². The molecule has 1 aromatic heterocycles. The fourth-order valence-corrected chi connectivity index (χ4v) is 2.08. The van der Waals surface area contributed by atoms with Crippen LogP contribution in [-0.4, -0.2) is 29.5 Å². The van der Waals surface area contributed by atoms with Gasteiger partial charge in [0.1, 0.15) is 5.69 Å². The monoisotopic (exact) mass is 267 g/mol. The van der Waals surface area contributed by atoms with Gasteiger partial charge in [0.05, 0.1) is 23.7 Å². The minimum absolute atomic E-state index is 0.352. The number of hydrogen-bond donors (Lipinski definition) is 1. The topological polar surface area (TPSA) is 66.8 Å². The summed E-state index contributed by atoms with van der Waals surface area (Å²) in [6.07, 6.45) is 9.18. The van der Waals surface area contributed by atoms with Crippen molar-refractivity contribution in [2.45, 2.75) is 6.92 Å². The number of H-pyrrole nitrogens is 1. The van der Waals surface area contributed by atoms with Gasteiger partial charge in [-0.25, -0.2) is 4.79 Å². The van der Waals surface area contributed by atoms with E-state index in [1.165, 1.54) is 0 Å². The summed E-state index contributed by atoms with van der Waals surface area (Å²) < 4.78 is 4.96. The summed E-state index contributed by atoms with van der Waals surface area (Å²) in [6.45, 7) is 2.13. The highest BCUT2D eigenvalue weighted by Crippen LogP contribution is 2.22. The maximum atomic E-state index is 11.7. The predicted octanol–water partition coefficient (Wildman–Crippen LogP) is 2.40. The number of carbonyl (C=O) groups excluding carboxylic acids is 1. The fraction of sp³-hybridized carbons (Fsp3) is 0.133. The summed E-state index contributed by atoms with van der Waals surface area (Å²) in [5.74, 6) is -0.363. The van der Waals surface area contributed by atoms with Crippen LogP contribution in [0.2, 0.25) is 0 Å². The van der Waals surface area contributed by atoms with Crippen LogP contribution in [0.5, 0.6) is 0 Å². The van der Waals surface area contributed by atoms with Crippen molar-refractivity contribution in [2.75, 3.05) is 6.61 Å². The van der Waals surface area contributed by atoms with E-state index in [0.717, 1.165) is 22.7 Å². The molecule has 2 aliphatic heterocycles. The molecule has 0 amide bonds. The lowest BCUT2D eigenvalue weighted by molar-refractivity contribution is 0.0520. The molecule has 0 atom stereocenters. The Labute approximate surface area is 116 Å². The number of aromatic amines is 1. The number of nitrogens with zero attached hydrogens (tertiary/aromatic N) is 2. The first-order valence-corrected chi connectivity index (χ1v) is 6.36. The average molecular weight is 267 g/mol. The summed E-state index contributed by atoms with van der Waals surface area (Å²) >= 11 is 0. The molecule has 0 saturated carbocycles. The van der Waals surface area contributed by atoms with E-state index in [1.807, 2.05) is 24.3 Å². The molecular formula is C15H13N3O2. The number of aliphatic imine (C=N–C) groups is 2. The van der Waals surface area contributed by atoms with E-state index in [9.17, 15) is 4.79 Å². The highest BCUT2D eigenvalue weighted by Gasteiger charge is 2.19. The Hall–Kier alpha value is -2.69. The number of esters is 1. The number of carbonyl (C=O) groups is 1. The zero-order chi connectivity index (χ0) is 13.9. The number of nitrogens with one attached hydrogen (secondary N) is 1. The van der Waals surface area contributed by atoms with E-state index >= 15 is 0 Å². The molecule has 3 heterocycles. The van der Waals surface area contributed by atoms with E-state index in [2.05, 4.69) is 15.0 Å². The van der Waals surface area contributed by atoms with Crippen LogP contribution in [0.25, 0.3) is 0 Å². The molecule has 0 aliphatic carbocycles. The van der Waals surface area contributed by atoms with Crippen molar-refractivity contribution in [3.63, 3.8) is 0 Å². The molecule has 100 valence electrons. The van der Waals surface area contributed by atoms with Crippen LogP contribution < -0.4 is 0 Å². The van der Waals surface area contributed by atoms with Crippen LogP contribution in [0, 0.1) is 0 Å². The highest BCUT2D eigenvalue weighted by atomic mass is 16.5. The van der Waals surface area contributed by atoms with Gasteiger partial charge in [0.15, 0.2) is 0 Å². The SMILES string of the molecule is CCOC(=O)c1ccc(C2=NC=CC2=C2C=CC=N2)[nH]1. The van der Waals surface area contributed by atoms with Gasteiger partial charge < -0.3 is 9.72 Å². The lowest BCUT2D eigenvalue weighted by Crippen LogP contribution is -2.07. The average Bonchev–Trinajstić information content (AvgIpc) is 3.19. The molecule has 0 bridgehead atoms. The Morgan fingerprint density at radius 1 is 1.35 bits per heavy atom. The molecule has 0 saturated heterocycles. The lowest BCUT2D eigenvalue weighted by Gasteiger charge is -2.03. The van der Waals surface area contributed by atoms with Crippen LogP contribution in [0.3, 0.4) is 0 Å². The molecule has 20 heavy (non-hydrogen) atoms. The molecule has 1 aromatic rings. The molecule has 5 nitrogen and oxygen atoms in total. The smallest absolute Gasteiger partial charge is 0.354 e. The lowest BCUT2D eigenvalue weighted by atomic mass is 10.1. The van der Waals surface area contributed by atoms with Gasteiger partial charge >= 0.3 is 5.97 Å². The third-order valence-electron chi connectivity index (χ3n) is 2.97. The third kappa shape index (κ3) is 2.14. The standard InChI is InChI=1S/C15H13N3O2/c1-2-20-15(19)13-6-5-12(18-13)14-10(7-9-17-14)11-4-3-8-16-11/h3-9,18H,2H2,1H3. The van der Waals surface area contributed by atoms with E-state index in [-0.39, 0.29) is 5.97 Å². The van der Waals surface area contributed by atoms with E-state index < -0.39 is 0 Å². The Morgan fingerprint density at radius 2 is 2.25 bits per heavy atom. The largest absolute Gasteiger partial charge is 0.461 e. The number of rotatable bonds is 3. The molecule has 2 aliphatic rings. The van der Waals surface area contributed by atoms with Crippen molar-refractivity contribution >= 4 is 17.9 Å². The molecule has 0 aromatic carbocycles. The van der Waals surface area contributed by atoms with Gasteiger partial charge in [-0.1, -0.05) is 0 Å². The Bertz CT molecular complexity index is 688. The Morgan fingerprint density at radius 3 is 3.00 bits per heavy atom. The molecule has 1 N–H and O–H groups in total. The van der Waals surface area contributed by atoms with Crippen LogP contribution in [0.15, 0.2) is 57.8 Å². The number of hydrogen-bond acceptors (Lipinski definition) is 4. The van der Waals surface area contributed by atoms with E-state index in [0.29, 0.717) is 12.3 Å². The van der Waals surface area contributed by atoms with Crippen LogP contribution in [0.1, 0.15) is 23.1 Å². The van der Waals surface area contributed by atoms with Crippen molar-refractivity contribution in [3.8, 4) is 0 Å². The van der Waals surface area contributed by atoms with E-state index in [4.69, 9.17) is 4.74 Å². The normalized spacial score (nSPS) is 19.8. The van der Waals surface area contributed by atoms with Crippen molar-refractivity contribution in [1.82, 2.24) is 4.98 Å². The minimum Gasteiger partial charge on any atom is -0.461 e. The molecular weight excluding hydrogens is 254 g/mol.